The third kappa shape index (κ3) is 2.77. The van der Waals surface area contributed by atoms with Gasteiger partial charge in [0.25, 0.3) is 0 Å². The molecule has 1 saturated heterocycles. The standard InChI is InChI=1S/C13H11F3N6S2/c14-13(15,16)11-19-20-12(24-11)22-4-2-21(3-5-22)10-9-8(1-6-23-9)17-7-18-10/h1,6-7H,2-5H2. The zero-order valence-electron chi connectivity index (χ0n) is 12.2. The highest BCUT2D eigenvalue weighted by Crippen LogP contribution is 2.35. The Bertz CT molecular complexity index is 853. The Hall–Kier alpha value is -2.01. The number of halogens is 3. The average Bonchev–Trinajstić information content (AvgIpc) is 3.23. The Balaban J connectivity index is 1.49. The van der Waals surface area contributed by atoms with E-state index in [1.165, 1.54) is 6.33 Å². The molecule has 0 radical (unpaired) electrons. The largest absolute Gasteiger partial charge is 0.445 e. The normalized spacial score (nSPS) is 16.1. The van der Waals surface area contributed by atoms with E-state index in [4.69, 9.17) is 0 Å². The molecule has 4 rings (SSSR count). The smallest absolute Gasteiger partial charge is 0.352 e. The minimum Gasteiger partial charge on any atom is -0.352 e. The summed E-state index contributed by atoms with van der Waals surface area (Å²) in [5, 5.41) is 8.30. The number of piperazine rings is 1. The van der Waals surface area contributed by atoms with E-state index in [9.17, 15) is 13.2 Å². The molecule has 0 aliphatic carbocycles. The lowest BCUT2D eigenvalue weighted by molar-refractivity contribution is -0.138. The van der Waals surface area contributed by atoms with Gasteiger partial charge < -0.3 is 9.80 Å². The van der Waals surface area contributed by atoms with Crippen molar-refractivity contribution in [3.63, 3.8) is 0 Å². The molecule has 24 heavy (non-hydrogen) atoms. The van der Waals surface area contributed by atoms with E-state index in [2.05, 4.69) is 25.1 Å². The van der Waals surface area contributed by atoms with Crippen molar-refractivity contribution in [3.8, 4) is 0 Å². The first kappa shape index (κ1) is 15.5. The van der Waals surface area contributed by atoms with Crippen molar-refractivity contribution in [2.75, 3.05) is 36.0 Å². The Morgan fingerprint density at radius 1 is 1.00 bits per heavy atom. The summed E-state index contributed by atoms with van der Waals surface area (Å²) in [6.45, 7) is 2.46. The number of rotatable bonds is 2. The third-order valence-electron chi connectivity index (χ3n) is 3.73. The second-order valence-corrected chi connectivity index (χ2v) is 7.07. The van der Waals surface area contributed by atoms with Crippen LogP contribution >= 0.6 is 22.7 Å². The van der Waals surface area contributed by atoms with Crippen LogP contribution in [0.3, 0.4) is 0 Å². The van der Waals surface area contributed by atoms with Crippen LogP contribution in [0.1, 0.15) is 5.01 Å². The van der Waals surface area contributed by atoms with Crippen molar-refractivity contribution in [2.24, 2.45) is 0 Å². The molecule has 1 aliphatic rings. The van der Waals surface area contributed by atoms with Gasteiger partial charge in [-0.15, -0.1) is 21.5 Å². The van der Waals surface area contributed by atoms with Gasteiger partial charge in [0.15, 0.2) is 0 Å². The Labute approximate surface area is 142 Å². The highest BCUT2D eigenvalue weighted by atomic mass is 32.1. The Morgan fingerprint density at radius 2 is 1.75 bits per heavy atom. The maximum Gasteiger partial charge on any atom is 0.445 e. The second kappa shape index (κ2) is 5.81. The molecule has 0 atom stereocenters. The van der Waals surface area contributed by atoms with Crippen LogP contribution in [0, 0.1) is 0 Å². The SMILES string of the molecule is FC(F)(F)c1nnc(N2CCN(c3ncnc4ccsc34)CC2)s1. The molecule has 0 aromatic carbocycles. The fourth-order valence-corrected chi connectivity index (χ4v) is 4.19. The van der Waals surface area contributed by atoms with E-state index < -0.39 is 11.2 Å². The van der Waals surface area contributed by atoms with Gasteiger partial charge in [-0.2, -0.15) is 13.2 Å². The first-order valence-corrected chi connectivity index (χ1v) is 8.81. The topological polar surface area (TPSA) is 58.0 Å². The van der Waals surface area contributed by atoms with Crippen molar-refractivity contribution in [1.82, 2.24) is 20.2 Å². The highest BCUT2D eigenvalue weighted by Gasteiger charge is 2.36. The highest BCUT2D eigenvalue weighted by molar-refractivity contribution is 7.17. The van der Waals surface area contributed by atoms with Gasteiger partial charge >= 0.3 is 6.18 Å². The summed E-state index contributed by atoms with van der Waals surface area (Å²) < 4.78 is 38.9. The molecule has 0 saturated carbocycles. The molecule has 0 amide bonds. The summed E-state index contributed by atoms with van der Waals surface area (Å²) in [6.07, 6.45) is -2.90. The van der Waals surface area contributed by atoms with Crippen molar-refractivity contribution in [1.29, 1.82) is 0 Å². The fourth-order valence-electron chi connectivity index (χ4n) is 2.57. The molecule has 1 fully saturated rings. The van der Waals surface area contributed by atoms with Crippen LogP contribution in [0.25, 0.3) is 10.2 Å². The maximum absolute atomic E-state index is 12.6. The molecule has 0 unspecified atom stereocenters. The van der Waals surface area contributed by atoms with E-state index >= 15 is 0 Å². The minimum absolute atomic E-state index is 0.311. The zero-order valence-corrected chi connectivity index (χ0v) is 13.8. The molecule has 6 nitrogen and oxygen atoms in total. The molecule has 3 aromatic heterocycles. The van der Waals surface area contributed by atoms with E-state index in [-0.39, 0.29) is 0 Å². The molecule has 0 spiro atoms. The average molecular weight is 372 g/mol. The van der Waals surface area contributed by atoms with Gasteiger partial charge in [0, 0.05) is 26.2 Å². The van der Waals surface area contributed by atoms with E-state index in [1.54, 1.807) is 11.3 Å². The number of aromatic nitrogens is 4. The fraction of sp³-hybridized carbons (Fsp3) is 0.385. The quantitative estimate of drug-likeness (QED) is 0.689. The van der Waals surface area contributed by atoms with Gasteiger partial charge in [0.2, 0.25) is 10.1 Å². The first-order chi connectivity index (χ1) is 11.5. The van der Waals surface area contributed by atoms with Gasteiger partial charge in [-0.3, -0.25) is 0 Å². The zero-order chi connectivity index (χ0) is 16.7. The van der Waals surface area contributed by atoms with Gasteiger partial charge in [-0.1, -0.05) is 11.3 Å². The monoisotopic (exact) mass is 372 g/mol. The summed E-state index contributed by atoms with van der Waals surface area (Å²) in [5.74, 6) is 0.878. The lowest BCUT2D eigenvalue weighted by Gasteiger charge is -2.35. The van der Waals surface area contributed by atoms with Crippen LogP contribution < -0.4 is 9.80 Å². The van der Waals surface area contributed by atoms with Crippen LogP contribution in [-0.4, -0.2) is 46.3 Å². The maximum atomic E-state index is 12.6. The second-order valence-electron chi connectivity index (χ2n) is 5.19. The molecular weight excluding hydrogens is 361 g/mol. The molecule has 0 bridgehead atoms. The van der Waals surface area contributed by atoms with E-state index in [1.807, 2.05) is 16.3 Å². The third-order valence-corrected chi connectivity index (χ3v) is 5.66. The summed E-state index contributed by atoms with van der Waals surface area (Å²) in [5.41, 5.74) is 0.909. The molecular formula is C13H11F3N6S2. The molecule has 4 heterocycles. The minimum atomic E-state index is -4.44. The van der Waals surface area contributed by atoms with Crippen LogP contribution in [0.4, 0.5) is 24.1 Å². The summed E-state index contributed by atoms with van der Waals surface area (Å²) in [6, 6.07) is 1.95. The summed E-state index contributed by atoms with van der Waals surface area (Å²) in [4.78, 5) is 12.6. The van der Waals surface area contributed by atoms with E-state index in [0.29, 0.717) is 42.6 Å². The van der Waals surface area contributed by atoms with Crippen LogP contribution in [-0.2, 0) is 6.18 Å². The van der Waals surface area contributed by atoms with Crippen molar-refractivity contribution in [3.05, 3.63) is 22.8 Å². The number of hydrogen-bond donors (Lipinski definition) is 0. The lowest BCUT2D eigenvalue weighted by atomic mass is 10.3. The van der Waals surface area contributed by atoms with Crippen LogP contribution in [0.5, 0.6) is 0 Å². The lowest BCUT2D eigenvalue weighted by Crippen LogP contribution is -2.46. The van der Waals surface area contributed by atoms with Crippen LogP contribution in [0.15, 0.2) is 17.8 Å². The number of nitrogens with zero attached hydrogens (tertiary/aromatic N) is 6. The van der Waals surface area contributed by atoms with Crippen LogP contribution in [0.2, 0.25) is 0 Å². The first-order valence-electron chi connectivity index (χ1n) is 7.11. The van der Waals surface area contributed by atoms with Crippen molar-refractivity contribution < 1.29 is 13.2 Å². The number of alkyl halides is 3. The van der Waals surface area contributed by atoms with Gasteiger partial charge in [-0.25, -0.2) is 9.97 Å². The summed E-state index contributed by atoms with van der Waals surface area (Å²) >= 11 is 2.17. The summed E-state index contributed by atoms with van der Waals surface area (Å²) in [7, 11) is 0. The van der Waals surface area contributed by atoms with Crippen molar-refractivity contribution >= 4 is 43.8 Å². The van der Waals surface area contributed by atoms with Gasteiger partial charge in [0.05, 0.1) is 10.2 Å². The number of fused-ring (bicyclic) bond motifs is 1. The molecule has 11 heteroatoms. The number of anilines is 2. The van der Waals surface area contributed by atoms with Gasteiger partial charge in [0.1, 0.15) is 12.1 Å². The van der Waals surface area contributed by atoms with Gasteiger partial charge in [-0.05, 0) is 11.4 Å². The Kier molecular flexibility index (Phi) is 3.76. The number of hydrogen-bond acceptors (Lipinski definition) is 8. The Morgan fingerprint density at radius 3 is 2.46 bits per heavy atom. The van der Waals surface area contributed by atoms with E-state index in [0.717, 1.165) is 16.0 Å². The predicted octanol–water partition coefficient (Wildman–Crippen LogP) is 2.89. The number of thiophene rings is 1. The van der Waals surface area contributed by atoms with Crippen molar-refractivity contribution in [2.45, 2.75) is 6.18 Å². The predicted molar refractivity (Wildman–Crippen MR) is 86.8 cm³/mol. The molecule has 1 aliphatic heterocycles. The molecule has 3 aromatic rings. The molecule has 0 N–H and O–H groups in total. The molecule has 126 valence electrons.